The SMILES string of the molecule is CCC(=O)N1CCc2ccc(O[C@H](C)C(=O)NCc3ccco3)cc2[C@H]1c1cccc(F)c1. The number of carbonyl (C=O) groups excluding carboxylic acids is 2. The number of amides is 2. The van der Waals surface area contributed by atoms with Gasteiger partial charge in [-0.15, -0.1) is 0 Å². The summed E-state index contributed by atoms with van der Waals surface area (Å²) in [6.07, 6.45) is 1.88. The van der Waals surface area contributed by atoms with Crippen LogP contribution < -0.4 is 10.1 Å². The zero-order valence-corrected chi connectivity index (χ0v) is 18.7. The average Bonchev–Trinajstić information content (AvgIpc) is 3.35. The maximum atomic E-state index is 14.0. The first-order valence-electron chi connectivity index (χ1n) is 11.1. The molecule has 0 radical (unpaired) electrons. The fourth-order valence-electron chi connectivity index (χ4n) is 4.16. The Labute approximate surface area is 192 Å². The van der Waals surface area contributed by atoms with Gasteiger partial charge in [0.05, 0.1) is 18.8 Å². The molecule has 4 rings (SSSR count). The maximum Gasteiger partial charge on any atom is 0.261 e. The van der Waals surface area contributed by atoms with E-state index in [4.69, 9.17) is 9.15 Å². The molecule has 2 aromatic carbocycles. The van der Waals surface area contributed by atoms with E-state index in [1.54, 1.807) is 36.3 Å². The average molecular weight is 451 g/mol. The third-order valence-electron chi connectivity index (χ3n) is 5.83. The van der Waals surface area contributed by atoms with Crippen molar-refractivity contribution in [3.8, 4) is 5.75 Å². The first-order valence-corrected chi connectivity index (χ1v) is 11.1. The Bertz CT molecular complexity index is 1130. The largest absolute Gasteiger partial charge is 0.481 e. The minimum atomic E-state index is -0.734. The summed E-state index contributed by atoms with van der Waals surface area (Å²) < 4.78 is 25.2. The lowest BCUT2D eigenvalue weighted by Crippen LogP contribution is -2.40. The predicted octanol–water partition coefficient (Wildman–Crippen LogP) is 4.39. The summed E-state index contributed by atoms with van der Waals surface area (Å²) >= 11 is 0. The molecule has 2 heterocycles. The van der Waals surface area contributed by atoms with Gasteiger partial charge in [0.15, 0.2) is 6.10 Å². The number of hydrogen-bond acceptors (Lipinski definition) is 4. The summed E-state index contributed by atoms with van der Waals surface area (Å²) in [6, 6.07) is 15.1. The quantitative estimate of drug-likeness (QED) is 0.580. The molecule has 33 heavy (non-hydrogen) atoms. The standard InChI is InChI=1S/C26H27FN2O4/c1-3-24(30)29-12-11-18-9-10-21(15-23(18)25(29)19-6-4-7-20(27)14-19)33-17(2)26(31)28-16-22-8-5-13-32-22/h4-10,13-15,17,25H,3,11-12,16H2,1-2H3,(H,28,31)/t17-,25-/m1/s1. The van der Waals surface area contributed by atoms with E-state index < -0.39 is 12.1 Å². The summed E-state index contributed by atoms with van der Waals surface area (Å²) in [5, 5.41) is 2.79. The lowest BCUT2D eigenvalue weighted by Gasteiger charge is -2.38. The van der Waals surface area contributed by atoms with Crippen LogP contribution in [-0.2, 0) is 22.6 Å². The Kier molecular flexibility index (Phi) is 6.77. The van der Waals surface area contributed by atoms with Crippen LogP contribution in [0.5, 0.6) is 5.75 Å². The van der Waals surface area contributed by atoms with E-state index in [1.807, 2.05) is 31.2 Å². The first-order chi connectivity index (χ1) is 16.0. The Hall–Kier alpha value is -3.61. The topological polar surface area (TPSA) is 71.8 Å². The molecular weight excluding hydrogens is 423 g/mol. The summed E-state index contributed by atoms with van der Waals surface area (Å²) in [5.41, 5.74) is 2.67. The Morgan fingerprint density at radius 3 is 2.79 bits per heavy atom. The van der Waals surface area contributed by atoms with E-state index in [-0.39, 0.29) is 24.2 Å². The van der Waals surface area contributed by atoms with Crippen molar-refractivity contribution in [2.45, 2.75) is 45.4 Å². The van der Waals surface area contributed by atoms with Crippen LogP contribution in [0.1, 0.15) is 48.8 Å². The number of ether oxygens (including phenoxy) is 1. The van der Waals surface area contributed by atoms with Crippen LogP contribution in [0.15, 0.2) is 65.3 Å². The fourth-order valence-corrected chi connectivity index (χ4v) is 4.16. The molecule has 0 bridgehead atoms. The monoisotopic (exact) mass is 450 g/mol. The van der Waals surface area contributed by atoms with E-state index in [1.165, 1.54) is 12.1 Å². The van der Waals surface area contributed by atoms with Gasteiger partial charge in [0.25, 0.3) is 5.91 Å². The van der Waals surface area contributed by atoms with Crippen molar-refractivity contribution >= 4 is 11.8 Å². The van der Waals surface area contributed by atoms with Crippen LogP contribution in [-0.4, -0.2) is 29.4 Å². The van der Waals surface area contributed by atoms with Crippen molar-refractivity contribution in [1.29, 1.82) is 0 Å². The third kappa shape index (κ3) is 5.08. The van der Waals surface area contributed by atoms with Crippen LogP contribution in [0, 0.1) is 5.82 Å². The molecule has 0 fully saturated rings. The Morgan fingerprint density at radius 2 is 2.06 bits per heavy atom. The highest BCUT2D eigenvalue weighted by Gasteiger charge is 2.32. The summed E-state index contributed by atoms with van der Waals surface area (Å²) in [7, 11) is 0. The van der Waals surface area contributed by atoms with Crippen LogP contribution in [0.25, 0.3) is 0 Å². The molecular formula is C26H27FN2O4. The number of nitrogens with one attached hydrogen (secondary N) is 1. The normalized spacial score (nSPS) is 16.1. The number of nitrogens with zero attached hydrogens (tertiary/aromatic N) is 1. The molecule has 1 aliphatic heterocycles. The van der Waals surface area contributed by atoms with Gasteiger partial charge in [-0.05, 0) is 66.4 Å². The zero-order valence-electron chi connectivity index (χ0n) is 18.7. The van der Waals surface area contributed by atoms with Crippen molar-refractivity contribution in [3.63, 3.8) is 0 Å². The van der Waals surface area contributed by atoms with Crippen LogP contribution >= 0.6 is 0 Å². The molecule has 1 N–H and O–H groups in total. The number of rotatable bonds is 7. The molecule has 1 aliphatic rings. The van der Waals surface area contributed by atoms with Gasteiger partial charge in [0.2, 0.25) is 5.91 Å². The van der Waals surface area contributed by atoms with Crippen LogP contribution in [0.3, 0.4) is 0 Å². The molecule has 172 valence electrons. The van der Waals surface area contributed by atoms with Gasteiger partial charge in [-0.2, -0.15) is 0 Å². The molecule has 0 spiro atoms. The van der Waals surface area contributed by atoms with Gasteiger partial charge in [-0.1, -0.05) is 25.1 Å². The number of halogens is 1. The van der Waals surface area contributed by atoms with E-state index in [2.05, 4.69) is 5.32 Å². The Balaban J connectivity index is 1.57. The van der Waals surface area contributed by atoms with Crippen molar-refractivity contribution in [1.82, 2.24) is 10.2 Å². The summed E-state index contributed by atoms with van der Waals surface area (Å²) in [5.74, 6) is 0.558. The van der Waals surface area contributed by atoms with Gasteiger partial charge in [0.1, 0.15) is 17.3 Å². The van der Waals surface area contributed by atoms with E-state index in [9.17, 15) is 14.0 Å². The van der Waals surface area contributed by atoms with Crippen LogP contribution in [0.2, 0.25) is 0 Å². The van der Waals surface area contributed by atoms with Gasteiger partial charge in [-0.25, -0.2) is 4.39 Å². The molecule has 0 aliphatic carbocycles. The van der Waals surface area contributed by atoms with Gasteiger partial charge < -0.3 is 19.4 Å². The number of fused-ring (bicyclic) bond motifs is 1. The summed E-state index contributed by atoms with van der Waals surface area (Å²) in [4.78, 5) is 27.0. The molecule has 0 unspecified atom stereocenters. The molecule has 2 amide bonds. The molecule has 0 saturated heterocycles. The highest BCUT2D eigenvalue weighted by atomic mass is 19.1. The molecule has 2 atom stereocenters. The molecule has 1 aromatic heterocycles. The highest BCUT2D eigenvalue weighted by molar-refractivity contribution is 5.80. The van der Waals surface area contributed by atoms with Gasteiger partial charge >= 0.3 is 0 Å². The van der Waals surface area contributed by atoms with E-state index >= 15 is 0 Å². The Morgan fingerprint density at radius 1 is 1.21 bits per heavy atom. The molecule has 0 saturated carbocycles. The van der Waals surface area contributed by atoms with Crippen molar-refractivity contribution in [2.75, 3.05) is 6.54 Å². The molecule has 6 nitrogen and oxygen atoms in total. The third-order valence-corrected chi connectivity index (χ3v) is 5.83. The second kappa shape index (κ2) is 9.90. The number of benzene rings is 2. The lowest BCUT2D eigenvalue weighted by atomic mass is 9.87. The second-order valence-electron chi connectivity index (χ2n) is 8.07. The first kappa shape index (κ1) is 22.6. The maximum absolute atomic E-state index is 14.0. The van der Waals surface area contributed by atoms with E-state index in [0.717, 1.165) is 11.1 Å². The number of hydrogen-bond donors (Lipinski definition) is 1. The molecule has 7 heteroatoms. The second-order valence-corrected chi connectivity index (χ2v) is 8.07. The predicted molar refractivity (Wildman–Crippen MR) is 121 cm³/mol. The smallest absolute Gasteiger partial charge is 0.261 e. The van der Waals surface area contributed by atoms with Gasteiger partial charge in [0, 0.05) is 13.0 Å². The zero-order chi connectivity index (χ0) is 23.4. The number of furan rings is 1. The summed E-state index contributed by atoms with van der Waals surface area (Å²) in [6.45, 7) is 4.34. The molecule has 3 aromatic rings. The van der Waals surface area contributed by atoms with Crippen molar-refractivity contribution in [2.24, 2.45) is 0 Å². The van der Waals surface area contributed by atoms with Crippen molar-refractivity contribution < 1.29 is 23.1 Å². The fraction of sp³-hybridized carbons (Fsp3) is 0.308. The van der Waals surface area contributed by atoms with E-state index in [0.29, 0.717) is 36.5 Å². The highest BCUT2D eigenvalue weighted by Crippen LogP contribution is 2.37. The van der Waals surface area contributed by atoms with Gasteiger partial charge in [-0.3, -0.25) is 9.59 Å². The van der Waals surface area contributed by atoms with Crippen LogP contribution in [0.4, 0.5) is 4.39 Å². The minimum Gasteiger partial charge on any atom is -0.481 e. The minimum absolute atomic E-state index is 0.00639. The number of carbonyl (C=O) groups is 2. The van der Waals surface area contributed by atoms with Crippen molar-refractivity contribution in [3.05, 3.63) is 89.1 Å². The lowest BCUT2D eigenvalue weighted by molar-refractivity contribution is -0.133.